The lowest BCUT2D eigenvalue weighted by Gasteiger charge is -2.15. The number of halogens is 5. The molecule has 0 aliphatic rings. The molecule has 0 saturated heterocycles. The maximum Gasteiger partial charge on any atom is 0.416 e. The molecule has 7 heteroatoms. The fourth-order valence-corrected chi connectivity index (χ4v) is 2.63. The second kappa shape index (κ2) is 6.18. The average Bonchev–Trinajstić information content (AvgIpc) is 2.36. The molecule has 0 heterocycles. The van der Waals surface area contributed by atoms with Gasteiger partial charge in [-0.1, -0.05) is 35.3 Å². The van der Waals surface area contributed by atoms with Gasteiger partial charge in [0.1, 0.15) is 5.92 Å². The number of aliphatic carboxylic acids is 1. The molecule has 0 aliphatic carbocycles. The number of hydrogen-bond acceptors (Lipinski definition) is 1. The van der Waals surface area contributed by atoms with Gasteiger partial charge in [0.2, 0.25) is 0 Å². The summed E-state index contributed by atoms with van der Waals surface area (Å²) in [4.78, 5) is 11.5. The summed E-state index contributed by atoms with van der Waals surface area (Å²) in [5.74, 6) is -2.36. The van der Waals surface area contributed by atoms with Crippen LogP contribution in [0.2, 0.25) is 10.0 Å². The van der Waals surface area contributed by atoms with Crippen molar-refractivity contribution in [2.24, 2.45) is 0 Å². The van der Waals surface area contributed by atoms with Crippen molar-refractivity contribution in [2.45, 2.75) is 12.1 Å². The normalized spacial score (nSPS) is 13.0. The summed E-state index contributed by atoms with van der Waals surface area (Å²) in [5, 5.41) is 9.88. The summed E-state index contributed by atoms with van der Waals surface area (Å²) in [7, 11) is 0. The Labute approximate surface area is 134 Å². The zero-order chi connectivity index (χ0) is 16.5. The molecule has 0 aromatic heterocycles. The van der Waals surface area contributed by atoms with E-state index < -0.39 is 23.6 Å². The van der Waals surface area contributed by atoms with Crippen LogP contribution in [0.25, 0.3) is 0 Å². The highest BCUT2D eigenvalue weighted by molar-refractivity contribution is 6.34. The minimum Gasteiger partial charge on any atom is -0.481 e. The molecular weight excluding hydrogens is 340 g/mol. The molecule has 2 rings (SSSR count). The van der Waals surface area contributed by atoms with Crippen molar-refractivity contribution in [3.63, 3.8) is 0 Å². The summed E-state index contributed by atoms with van der Waals surface area (Å²) in [5.41, 5.74) is -0.340. The van der Waals surface area contributed by atoms with Crippen LogP contribution >= 0.6 is 23.2 Å². The Morgan fingerprint density at radius 2 is 1.45 bits per heavy atom. The van der Waals surface area contributed by atoms with E-state index in [9.17, 15) is 23.1 Å². The fraction of sp³-hybridized carbons (Fsp3) is 0.133. The summed E-state index contributed by atoms with van der Waals surface area (Å²) < 4.78 is 37.7. The van der Waals surface area contributed by atoms with Crippen molar-refractivity contribution in [2.75, 3.05) is 0 Å². The van der Waals surface area contributed by atoms with Crippen molar-refractivity contribution in [1.29, 1.82) is 0 Å². The second-order valence-electron chi connectivity index (χ2n) is 4.59. The van der Waals surface area contributed by atoms with E-state index in [0.29, 0.717) is 5.56 Å². The predicted octanol–water partition coefficient (Wildman–Crippen LogP) is 5.23. The maximum absolute atomic E-state index is 12.6. The van der Waals surface area contributed by atoms with Gasteiger partial charge in [-0.15, -0.1) is 0 Å². The highest BCUT2D eigenvalue weighted by Gasteiger charge is 2.31. The number of rotatable bonds is 3. The van der Waals surface area contributed by atoms with Crippen LogP contribution in [-0.2, 0) is 11.0 Å². The first-order valence-corrected chi connectivity index (χ1v) is 6.80. The molecule has 2 aromatic rings. The van der Waals surface area contributed by atoms with Crippen LogP contribution in [0.4, 0.5) is 13.2 Å². The summed E-state index contributed by atoms with van der Waals surface area (Å²) in [6, 6.07) is 8.24. The third-order valence-electron chi connectivity index (χ3n) is 3.04. The van der Waals surface area contributed by atoms with E-state index in [1.54, 1.807) is 0 Å². The van der Waals surface area contributed by atoms with Gasteiger partial charge in [0.15, 0.2) is 0 Å². The molecule has 22 heavy (non-hydrogen) atoms. The molecule has 0 spiro atoms. The molecule has 1 N–H and O–H groups in total. The Hall–Kier alpha value is -1.72. The summed E-state index contributed by atoms with van der Waals surface area (Å²) >= 11 is 11.7. The largest absolute Gasteiger partial charge is 0.481 e. The Morgan fingerprint density at radius 1 is 0.955 bits per heavy atom. The van der Waals surface area contributed by atoms with Gasteiger partial charge < -0.3 is 5.11 Å². The molecule has 0 amide bonds. The minimum absolute atomic E-state index is 0.207. The molecule has 1 unspecified atom stereocenters. The van der Waals surface area contributed by atoms with E-state index in [2.05, 4.69) is 0 Å². The molecule has 0 bridgehead atoms. The van der Waals surface area contributed by atoms with Crippen LogP contribution in [0, 0.1) is 0 Å². The van der Waals surface area contributed by atoms with Gasteiger partial charge in [-0.3, -0.25) is 4.79 Å². The Bertz CT molecular complexity index is 677. The number of alkyl halides is 3. The summed E-state index contributed by atoms with van der Waals surface area (Å²) in [6.45, 7) is 0. The highest BCUT2D eigenvalue weighted by atomic mass is 35.5. The smallest absolute Gasteiger partial charge is 0.416 e. The van der Waals surface area contributed by atoms with Crippen molar-refractivity contribution in [3.8, 4) is 0 Å². The highest BCUT2D eigenvalue weighted by Crippen LogP contribution is 2.33. The van der Waals surface area contributed by atoms with Crippen molar-refractivity contribution in [1.82, 2.24) is 0 Å². The SMILES string of the molecule is O=C(O)C(c1ccc(C(F)(F)F)cc1)c1cc(Cl)cc(Cl)c1. The first-order chi connectivity index (χ1) is 10.2. The molecule has 116 valence electrons. The molecule has 0 radical (unpaired) electrons. The Kier molecular flexibility index (Phi) is 4.68. The van der Waals surface area contributed by atoms with Gasteiger partial charge in [0.25, 0.3) is 0 Å². The molecular formula is C15H9Cl2F3O2. The monoisotopic (exact) mass is 348 g/mol. The average molecular weight is 349 g/mol. The third kappa shape index (κ3) is 3.72. The van der Waals surface area contributed by atoms with E-state index in [4.69, 9.17) is 23.2 Å². The molecule has 0 fully saturated rings. The Balaban J connectivity index is 2.46. The number of carbonyl (C=O) groups is 1. The number of hydrogen-bond donors (Lipinski definition) is 1. The maximum atomic E-state index is 12.6. The van der Waals surface area contributed by atoms with Gasteiger partial charge in [0, 0.05) is 10.0 Å². The van der Waals surface area contributed by atoms with Crippen LogP contribution in [-0.4, -0.2) is 11.1 Å². The van der Waals surface area contributed by atoms with Gasteiger partial charge >= 0.3 is 12.1 Å². The molecule has 0 aliphatic heterocycles. The van der Waals surface area contributed by atoms with Gasteiger partial charge in [0.05, 0.1) is 5.56 Å². The predicted molar refractivity (Wildman–Crippen MR) is 77.4 cm³/mol. The molecule has 2 nitrogen and oxygen atoms in total. The lowest BCUT2D eigenvalue weighted by Crippen LogP contribution is -2.14. The van der Waals surface area contributed by atoms with Crippen molar-refractivity contribution in [3.05, 3.63) is 69.2 Å². The quantitative estimate of drug-likeness (QED) is 0.824. The fourth-order valence-electron chi connectivity index (χ4n) is 2.08. The van der Waals surface area contributed by atoms with E-state index in [1.165, 1.54) is 18.2 Å². The Morgan fingerprint density at radius 3 is 1.86 bits per heavy atom. The number of carboxylic acid groups (broad SMARTS) is 1. The minimum atomic E-state index is -4.48. The first kappa shape index (κ1) is 16.6. The van der Waals surface area contributed by atoms with Crippen LogP contribution in [0.5, 0.6) is 0 Å². The zero-order valence-corrected chi connectivity index (χ0v) is 12.4. The van der Waals surface area contributed by atoms with Crippen molar-refractivity contribution < 1.29 is 23.1 Å². The van der Waals surface area contributed by atoms with Crippen LogP contribution in [0.15, 0.2) is 42.5 Å². The van der Waals surface area contributed by atoms with Crippen LogP contribution < -0.4 is 0 Å². The van der Waals surface area contributed by atoms with Crippen LogP contribution in [0.3, 0.4) is 0 Å². The number of carboxylic acids is 1. The van der Waals surface area contributed by atoms with E-state index in [1.807, 2.05) is 0 Å². The third-order valence-corrected chi connectivity index (χ3v) is 3.47. The van der Waals surface area contributed by atoms with E-state index in [0.717, 1.165) is 24.3 Å². The molecule has 0 saturated carbocycles. The van der Waals surface area contributed by atoms with Gasteiger partial charge in [-0.25, -0.2) is 0 Å². The second-order valence-corrected chi connectivity index (χ2v) is 5.47. The van der Waals surface area contributed by atoms with E-state index in [-0.39, 0.29) is 15.6 Å². The first-order valence-electron chi connectivity index (χ1n) is 6.04. The van der Waals surface area contributed by atoms with E-state index >= 15 is 0 Å². The van der Waals surface area contributed by atoms with Gasteiger partial charge in [-0.2, -0.15) is 13.2 Å². The van der Waals surface area contributed by atoms with Crippen LogP contribution in [0.1, 0.15) is 22.6 Å². The zero-order valence-electron chi connectivity index (χ0n) is 10.9. The standard InChI is InChI=1S/C15H9Cl2F3O2/c16-11-5-9(6-12(17)7-11)13(14(21)22)8-1-3-10(4-2-8)15(18,19)20/h1-7,13H,(H,21,22). The lowest BCUT2D eigenvalue weighted by molar-refractivity contribution is -0.138. The number of benzene rings is 2. The molecule has 2 aromatic carbocycles. The lowest BCUT2D eigenvalue weighted by atomic mass is 9.91. The topological polar surface area (TPSA) is 37.3 Å². The summed E-state index contributed by atoms with van der Waals surface area (Å²) in [6.07, 6.45) is -4.48. The van der Waals surface area contributed by atoms with Crippen molar-refractivity contribution >= 4 is 29.2 Å². The molecule has 1 atom stereocenters. The van der Waals surface area contributed by atoms with Gasteiger partial charge in [-0.05, 0) is 41.5 Å².